The van der Waals surface area contributed by atoms with Gasteiger partial charge in [-0.1, -0.05) is 17.7 Å². The summed E-state index contributed by atoms with van der Waals surface area (Å²) in [5.74, 6) is 0. The van der Waals surface area contributed by atoms with Crippen molar-refractivity contribution >= 4 is 10.1 Å². The molecule has 0 aliphatic carbocycles. The minimum absolute atomic E-state index is 0.178. The molecular weight excluding hydrogens is 254 g/mol. The molecule has 0 bridgehead atoms. The number of benzene rings is 1. The van der Waals surface area contributed by atoms with Crippen LogP contribution in [0, 0.1) is 6.92 Å². The van der Waals surface area contributed by atoms with E-state index in [-0.39, 0.29) is 11.1 Å². The summed E-state index contributed by atoms with van der Waals surface area (Å²) in [6, 6.07) is 5.78. The third-order valence-electron chi connectivity index (χ3n) is 2.43. The van der Waals surface area contributed by atoms with Crippen molar-refractivity contribution in [3.8, 4) is 0 Å². The lowest BCUT2D eigenvalue weighted by Crippen LogP contribution is -2.42. The van der Waals surface area contributed by atoms with Gasteiger partial charge in [-0.15, -0.1) is 0 Å². The van der Waals surface area contributed by atoms with E-state index in [1.807, 2.05) is 28.1 Å². The van der Waals surface area contributed by atoms with Gasteiger partial charge in [0, 0.05) is 6.92 Å². The van der Waals surface area contributed by atoms with E-state index in [9.17, 15) is 13.0 Å². The molecule has 0 saturated heterocycles. The zero-order chi connectivity index (χ0) is 14.6. The maximum absolute atomic E-state index is 10.4. The van der Waals surface area contributed by atoms with Crippen LogP contribution >= 0.6 is 0 Å². The van der Waals surface area contributed by atoms with Crippen LogP contribution in [0.2, 0.25) is 0 Å². The topological polar surface area (TPSA) is 77.4 Å². The van der Waals surface area contributed by atoms with Crippen LogP contribution in [0.5, 0.6) is 0 Å². The Labute approximate surface area is 109 Å². The van der Waals surface area contributed by atoms with Crippen LogP contribution < -0.4 is 0 Å². The predicted molar refractivity (Wildman–Crippen MR) is 68.9 cm³/mol. The Morgan fingerprint density at radius 1 is 1.17 bits per heavy atom. The fourth-order valence-electron chi connectivity index (χ4n) is 0.705. The van der Waals surface area contributed by atoms with E-state index < -0.39 is 10.1 Å². The van der Waals surface area contributed by atoms with Gasteiger partial charge in [-0.25, -0.2) is 8.42 Å². The third-order valence-corrected chi connectivity index (χ3v) is 3.28. The summed E-state index contributed by atoms with van der Waals surface area (Å²) in [6.45, 7) is 3.60. The number of aryl methyl sites for hydroxylation is 1. The summed E-state index contributed by atoms with van der Waals surface area (Å²) in [4.78, 5) is -0.178. The summed E-state index contributed by atoms with van der Waals surface area (Å²) in [5, 5.41) is 8.86. The number of hydrogen-bond donors (Lipinski definition) is 1. The standard InChI is InChI=1S/C7H8O3S.C5H14NO/c1-6-2-4-7(5-3-6)11(8,9)10;1-5(7)6(2,3)4/h2-5H,1H3,(H,8,9,10);5,7H,1-4H3/q;+1/p-1. The molecule has 1 aromatic carbocycles. The summed E-state index contributed by atoms with van der Waals surface area (Å²) in [6.07, 6.45) is -0.264. The second-order valence-electron chi connectivity index (χ2n) is 5.02. The smallest absolute Gasteiger partial charge is 0.187 e. The van der Waals surface area contributed by atoms with Gasteiger partial charge < -0.3 is 14.1 Å². The van der Waals surface area contributed by atoms with Gasteiger partial charge in [0.1, 0.15) is 10.1 Å². The zero-order valence-electron chi connectivity index (χ0n) is 11.4. The second-order valence-corrected chi connectivity index (χ2v) is 6.39. The minimum atomic E-state index is -4.27. The van der Waals surface area contributed by atoms with E-state index in [1.54, 1.807) is 19.1 Å². The van der Waals surface area contributed by atoms with E-state index in [0.717, 1.165) is 5.56 Å². The van der Waals surface area contributed by atoms with Crippen LogP contribution in [0.4, 0.5) is 0 Å². The average molecular weight is 275 g/mol. The van der Waals surface area contributed by atoms with Crippen molar-refractivity contribution in [1.29, 1.82) is 0 Å². The molecular formula is C12H21NO4S. The van der Waals surface area contributed by atoms with Gasteiger partial charge in [0.2, 0.25) is 0 Å². The molecule has 104 valence electrons. The molecule has 1 N–H and O–H groups in total. The number of rotatable bonds is 2. The van der Waals surface area contributed by atoms with Crippen molar-refractivity contribution in [2.45, 2.75) is 25.0 Å². The Kier molecular flexibility index (Phi) is 5.95. The SMILES string of the molecule is CC(O)[N+](C)(C)C.Cc1ccc(S(=O)(=O)[O-])cc1. The fraction of sp³-hybridized carbons (Fsp3) is 0.500. The van der Waals surface area contributed by atoms with Crippen LogP contribution in [-0.2, 0) is 10.1 Å². The minimum Gasteiger partial charge on any atom is -0.744 e. The van der Waals surface area contributed by atoms with Crippen molar-refractivity contribution in [2.24, 2.45) is 0 Å². The van der Waals surface area contributed by atoms with Crippen molar-refractivity contribution < 1.29 is 22.6 Å². The number of aliphatic hydroxyl groups excluding tert-OH is 1. The van der Waals surface area contributed by atoms with Crippen molar-refractivity contribution in [3.05, 3.63) is 29.8 Å². The average Bonchev–Trinajstić information content (AvgIpc) is 2.16. The number of quaternary nitrogens is 1. The Balaban J connectivity index is 0.000000360. The Bertz CT molecular complexity index is 458. The summed E-state index contributed by atoms with van der Waals surface area (Å²) in [5.41, 5.74) is 0.928. The molecule has 18 heavy (non-hydrogen) atoms. The molecule has 0 aliphatic heterocycles. The molecule has 5 nitrogen and oxygen atoms in total. The van der Waals surface area contributed by atoms with E-state index in [0.29, 0.717) is 4.48 Å². The first-order valence-corrected chi connectivity index (χ1v) is 6.87. The Hall–Kier alpha value is -0.950. The van der Waals surface area contributed by atoms with Gasteiger partial charge in [0.05, 0.1) is 26.0 Å². The van der Waals surface area contributed by atoms with Crippen molar-refractivity contribution in [2.75, 3.05) is 21.1 Å². The van der Waals surface area contributed by atoms with Gasteiger partial charge in [-0.3, -0.25) is 0 Å². The van der Waals surface area contributed by atoms with Gasteiger partial charge in [0.15, 0.2) is 6.23 Å². The highest BCUT2D eigenvalue weighted by atomic mass is 32.2. The number of nitrogens with zero attached hydrogens (tertiary/aromatic N) is 1. The Morgan fingerprint density at radius 2 is 1.50 bits per heavy atom. The molecule has 0 saturated carbocycles. The first-order valence-electron chi connectivity index (χ1n) is 5.46. The zero-order valence-corrected chi connectivity index (χ0v) is 12.2. The van der Waals surface area contributed by atoms with Crippen LogP contribution in [0.1, 0.15) is 12.5 Å². The highest BCUT2D eigenvalue weighted by Crippen LogP contribution is 2.08. The van der Waals surface area contributed by atoms with Crippen molar-refractivity contribution in [3.63, 3.8) is 0 Å². The van der Waals surface area contributed by atoms with Gasteiger partial charge in [-0.05, 0) is 19.1 Å². The third kappa shape index (κ3) is 6.70. The molecule has 1 aromatic rings. The van der Waals surface area contributed by atoms with Gasteiger partial charge >= 0.3 is 0 Å². The molecule has 1 rings (SSSR count). The number of hydrogen-bond acceptors (Lipinski definition) is 4. The first kappa shape index (κ1) is 17.1. The van der Waals surface area contributed by atoms with E-state index in [4.69, 9.17) is 5.11 Å². The van der Waals surface area contributed by atoms with Gasteiger partial charge in [-0.2, -0.15) is 0 Å². The predicted octanol–water partition coefficient (Wildman–Crippen LogP) is 0.930. The largest absolute Gasteiger partial charge is 0.744 e. The molecule has 0 amide bonds. The van der Waals surface area contributed by atoms with Crippen molar-refractivity contribution in [1.82, 2.24) is 0 Å². The lowest BCUT2D eigenvalue weighted by Gasteiger charge is -2.26. The monoisotopic (exact) mass is 275 g/mol. The molecule has 1 unspecified atom stereocenters. The first-order chi connectivity index (χ1) is 7.94. The summed E-state index contributed by atoms with van der Waals surface area (Å²) in [7, 11) is 1.58. The normalized spacial score (nSPS) is 13.5. The molecule has 0 spiro atoms. The molecule has 0 radical (unpaired) electrons. The van der Waals surface area contributed by atoms with Crippen LogP contribution in [0.15, 0.2) is 29.2 Å². The maximum Gasteiger partial charge on any atom is 0.187 e. The maximum atomic E-state index is 10.4. The Morgan fingerprint density at radius 3 is 1.72 bits per heavy atom. The summed E-state index contributed by atoms with van der Waals surface area (Å²) >= 11 is 0. The van der Waals surface area contributed by atoms with Crippen LogP contribution in [0.25, 0.3) is 0 Å². The molecule has 0 aliphatic rings. The van der Waals surface area contributed by atoms with Crippen LogP contribution in [0.3, 0.4) is 0 Å². The lowest BCUT2D eigenvalue weighted by atomic mass is 10.2. The van der Waals surface area contributed by atoms with E-state index in [1.165, 1.54) is 12.1 Å². The van der Waals surface area contributed by atoms with E-state index in [2.05, 4.69) is 0 Å². The van der Waals surface area contributed by atoms with E-state index >= 15 is 0 Å². The molecule has 0 heterocycles. The fourth-order valence-corrected chi connectivity index (χ4v) is 1.17. The van der Waals surface area contributed by atoms with Gasteiger partial charge in [0.25, 0.3) is 0 Å². The highest BCUT2D eigenvalue weighted by Gasteiger charge is 2.12. The molecule has 0 fully saturated rings. The molecule has 6 heteroatoms. The quantitative estimate of drug-likeness (QED) is 0.495. The van der Waals surface area contributed by atoms with Crippen LogP contribution in [-0.4, -0.2) is 49.9 Å². The number of aliphatic hydroxyl groups is 1. The second kappa shape index (κ2) is 6.29. The molecule has 0 aromatic heterocycles. The highest BCUT2D eigenvalue weighted by molar-refractivity contribution is 7.85. The summed E-state index contributed by atoms with van der Waals surface area (Å²) < 4.78 is 31.8. The lowest BCUT2D eigenvalue weighted by molar-refractivity contribution is -0.916. The molecule has 1 atom stereocenters.